The van der Waals surface area contributed by atoms with Crippen molar-refractivity contribution in [2.75, 3.05) is 4.90 Å². The summed E-state index contributed by atoms with van der Waals surface area (Å²) in [5.74, 6) is 1.11. The van der Waals surface area contributed by atoms with Gasteiger partial charge in [0.05, 0.1) is 21.5 Å². The average molecular weight is 333 g/mol. The summed E-state index contributed by atoms with van der Waals surface area (Å²) in [6.45, 7) is 1.90. The van der Waals surface area contributed by atoms with Crippen molar-refractivity contribution in [2.24, 2.45) is 0 Å². The summed E-state index contributed by atoms with van der Waals surface area (Å²) in [4.78, 5) is 19.4. The second-order valence-electron chi connectivity index (χ2n) is 4.66. The van der Waals surface area contributed by atoms with E-state index >= 15 is 0 Å². The van der Waals surface area contributed by atoms with Gasteiger partial charge in [-0.3, -0.25) is 9.69 Å². The van der Waals surface area contributed by atoms with Gasteiger partial charge < -0.3 is 4.42 Å². The van der Waals surface area contributed by atoms with Crippen LogP contribution in [0, 0.1) is 0 Å². The molecule has 0 fully saturated rings. The number of amides is 1. The molecule has 6 heteroatoms. The minimum atomic E-state index is -0.279. The van der Waals surface area contributed by atoms with Gasteiger partial charge in [-0.15, -0.1) is 11.3 Å². The molecule has 22 heavy (non-hydrogen) atoms. The summed E-state index contributed by atoms with van der Waals surface area (Å²) in [6, 6.07) is 12.3. The van der Waals surface area contributed by atoms with Crippen LogP contribution in [0.25, 0.3) is 0 Å². The van der Waals surface area contributed by atoms with Crippen LogP contribution in [0.3, 0.4) is 0 Å². The van der Waals surface area contributed by atoms with E-state index in [1.54, 1.807) is 41.6 Å². The van der Waals surface area contributed by atoms with Crippen LogP contribution < -0.4 is 4.90 Å². The lowest BCUT2D eigenvalue weighted by atomic mass is 10.2. The Bertz CT molecular complexity index is 756. The Kier molecular flexibility index (Phi) is 4.27. The summed E-state index contributed by atoms with van der Waals surface area (Å²) in [7, 11) is 0. The van der Waals surface area contributed by atoms with E-state index in [0.717, 1.165) is 0 Å². The van der Waals surface area contributed by atoms with Crippen LogP contribution in [0.5, 0.6) is 0 Å². The fraction of sp³-hybridized carbons (Fsp3) is 0.125. The summed E-state index contributed by atoms with van der Waals surface area (Å²) >= 11 is 7.20. The number of rotatable bonds is 4. The maximum absolute atomic E-state index is 12.9. The molecule has 3 aromatic heterocycles. The molecule has 1 atom stereocenters. The van der Waals surface area contributed by atoms with Crippen LogP contribution >= 0.6 is 22.9 Å². The van der Waals surface area contributed by atoms with Crippen LogP contribution in [-0.2, 0) is 0 Å². The number of aromatic nitrogens is 1. The first-order chi connectivity index (χ1) is 10.7. The SMILES string of the molecule is C[C@@H](c1ccco1)N(C(=O)c1ccc(Cl)s1)c1ccccn1. The third kappa shape index (κ3) is 2.91. The Balaban J connectivity index is 2.01. The molecule has 0 saturated carbocycles. The van der Waals surface area contributed by atoms with Crippen LogP contribution in [0.15, 0.2) is 59.3 Å². The number of hydrogen-bond donors (Lipinski definition) is 0. The van der Waals surface area contributed by atoms with Gasteiger partial charge in [0.1, 0.15) is 11.6 Å². The predicted molar refractivity (Wildman–Crippen MR) is 87.5 cm³/mol. The molecule has 3 rings (SSSR count). The van der Waals surface area contributed by atoms with Crippen molar-refractivity contribution in [3.63, 3.8) is 0 Å². The van der Waals surface area contributed by atoms with Crippen molar-refractivity contribution in [2.45, 2.75) is 13.0 Å². The molecule has 0 aliphatic heterocycles. The Morgan fingerprint density at radius 3 is 2.73 bits per heavy atom. The average Bonchev–Trinajstić information content (AvgIpc) is 3.19. The second-order valence-corrected chi connectivity index (χ2v) is 6.37. The van der Waals surface area contributed by atoms with Gasteiger partial charge in [-0.25, -0.2) is 4.98 Å². The first-order valence-electron chi connectivity index (χ1n) is 6.70. The highest BCUT2D eigenvalue weighted by Gasteiger charge is 2.27. The molecule has 3 heterocycles. The Hall–Kier alpha value is -2.11. The van der Waals surface area contributed by atoms with Gasteiger partial charge in [0.15, 0.2) is 0 Å². The Morgan fingerprint density at radius 2 is 2.14 bits per heavy atom. The van der Waals surface area contributed by atoms with Gasteiger partial charge in [0, 0.05) is 6.20 Å². The predicted octanol–water partition coefficient (Wildman–Crippen LogP) is 4.80. The highest BCUT2D eigenvalue weighted by atomic mass is 35.5. The topological polar surface area (TPSA) is 46.3 Å². The van der Waals surface area contributed by atoms with Crippen molar-refractivity contribution in [3.05, 3.63) is 69.9 Å². The fourth-order valence-electron chi connectivity index (χ4n) is 2.18. The lowest BCUT2D eigenvalue weighted by molar-refractivity contribution is 0.0978. The first kappa shape index (κ1) is 14.8. The highest BCUT2D eigenvalue weighted by molar-refractivity contribution is 7.18. The molecular formula is C16H13ClN2O2S. The van der Waals surface area contributed by atoms with Crippen molar-refractivity contribution in [1.82, 2.24) is 4.98 Å². The molecule has 4 nitrogen and oxygen atoms in total. The van der Waals surface area contributed by atoms with E-state index in [2.05, 4.69) is 4.98 Å². The van der Waals surface area contributed by atoms with Gasteiger partial charge in [0.2, 0.25) is 0 Å². The van der Waals surface area contributed by atoms with Gasteiger partial charge >= 0.3 is 0 Å². The lowest BCUT2D eigenvalue weighted by Crippen LogP contribution is -2.33. The number of carbonyl (C=O) groups excluding carboxylic acids is 1. The molecule has 112 valence electrons. The summed E-state index contributed by atoms with van der Waals surface area (Å²) in [6.07, 6.45) is 3.25. The van der Waals surface area contributed by atoms with Crippen LogP contribution in [0.2, 0.25) is 4.34 Å². The van der Waals surface area contributed by atoms with E-state index in [1.165, 1.54) is 11.3 Å². The van der Waals surface area contributed by atoms with Crippen molar-refractivity contribution >= 4 is 34.7 Å². The molecule has 0 unspecified atom stereocenters. The first-order valence-corrected chi connectivity index (χ1v) is 7.89. The standard InChI is InChI=1S/C16H13ClN2O2S/c1-11(12-5-4-10-21-12)19(15-6-2-3-9-18-15)16(20)13-7-8-14(17)22-13/h2-11H,1H3/t11-/m0/s1. The minimum Gasteiger partial charge on any atom is -0.467 e. The number of hydrogen-bond acceptors (Lipinski definition) is 4. The van der Waals surface area contributed by atoms with Crippen molar-refractivity contribution in [3.8, 4) is 0 Å². The number of pyridine rings is 1. The molecule has 0 saturated heterocycles. The monoisotopic (exact) mass is 332 g/mol. The van der Waals surface area contributed by atoms with E-state index in [0.29, 0.717) is 20.8 Å². The minimum absolute atomic E-state index is 0.153. The molecule has 0 radical (unpaired) electrons. The zero-order valence-corrected chi connectivity index (χ0v) is 13.3. The van der Waals surface area contributed by atoms with E-state index in [-0.39, 0.29) is 11.9 Å². The molecule has 0 aromatic carbocycles. The quantitative estimate of drug-likeness (QED) is 0.689. The van der Waals surface area contributed by atoms with Crippen LogP contribution in [-0.4, -0.2) is 10.9 Å². The normalized spacial score (nSPS) is 12.1. The number of thiophene rings is 1. The van der Waals surface area contributed by atoms with E-state index < -0.39 is 0 Å². The number of halogens is 1. The van der Waals surface area contributed by atoms with Crippen molar-refractivity contribution in [1.29, 1.82) is 0 Å². The maximum atomic E-state index is 12.9. The molecule has 3 aromatic rings. The second kappa shape index (κ2) is 6.34. The summed E-state index contributed by atoms with van der Waals surface area (Å²) in [5, 5.41) is 0. The molecule has 0 spiro atoms. The maximum Gasteiger partial charge on any atom is 0.270 e. The van der Waals surface area contributed by atoms with Gasteiger partial charge in [-0.1, -0.05) is 17.7 Å². The van der Waals surface area contributed by atoms with Gasteiger partial charge in [0.25, 0.3) is 5.91 Å². The Morgan fingerprint density at radius 1 is 1.27 bits per heavy atom. The number of furan rings is 1. The Labute approximate surface area is 137 Å². The van der Waals surface area contributed by atoms with Crippen LogP contribution in [0.4, 0.5) is 5.82 Å². The molecule has 0 N–H and O–H groups in total. The van der Waals surface area contributed by atoms with Crippen molar-refractivity contribution < 1.29 is 9.21 Å². The van der Waals surface area contributed by atoms with E-state index in [9.17, 15) is 4.79 Å². The van der Waals surface area contributed by atoms with Gasteiger partial charge in [-0.05, 0) is 43.3 Å². The summed E-state index contributed by atoms with van der Waals surface area (Å²) in [5.41, 5.74) is 0. The highest BCUT2D eigenvalue weighted by Crippen LogP contribution is 2.30. The smallest absolute Gasteiger partial charge is 0.270 e. The molecule has 1 amide bonds. The van der Waals surface area contributed by atoms with E-state index in [1.807, 2.05) is 25.1 Å². The van der Waals surface area contributed by atoms with Gasteiger partial charge in [-0.2, -0.15) is 0 Å². The third-order valence-corrected chi connectivity index (χ3v) is 4.46. The number of anilines is 1. The zero-order chi connectivity index (χ0) is 15.5. The lowest BCUT2D eigenvalue weighted by Gasteiger charge is -2.26. The number of carbonyl (C=O) groups is 1. The summed E-state index contributed by atoms with van der Waals surface area (Å²) < 4.78 is 6.02. The number of nitrogens with zero attached hydrogens (tertiary/aromatic N) is 2. The van der Waals surface area contributed by atoms with Crippen LogP contribution in [0.1, 0.15) is 28.4 Å². The molecular weight excluding hydrogens is 320 g/mol. The van der Waals surface area contributed by atoms with E-state index in [4.69, 9.17) is 16.0 Å². The zero-order valence-electron chi connectivity index (χ0n) is 11.8. The third-order valence-electron chi connectivity index (χ3n) is 3.24. The fourth-order valence-corrected chi connectivity index (χ4v) is 3.16. The molecule has 0 bridgehead atoms. The molecule has 0 aliphatic carbocycles. The molecule has 0 aliphatic rings. The largest absolute Gasteiger partial charge is 0.467 e.